The number of aromatic amines is 2. The SMILES string of the molecule is Oc1ccc(Br)cc1C=Nc1ccc2[nH]c(=S)[nH]c2c1. The van der Waals surface area contributed by atoms with Gasteiger partial charge in [-0.15, -0.1) is 0 Å². The Morgan fingerprint density at radius 1 is 1.10 bits per heavy atom. The molecule has 2 aromatic carbocycles. The second-order valence-electron chi connectivity index (χ2n) is 4.27. The summed E-state index contributed by atoms with van der Waals surface area (Å²) in [5.74, 6) is 0.194. The minimum absolute atomic E-state index is 0.194. The smallest absolute Gasteiger partial charge is 0.175 e. The predicted molar refractivity (Wildman–Crippen MR) is 86.5 cm³/mol. The third-order valence-corrected chi connectivity index (χ3v) is 3.54. The molecule has 1 heterocycles. The number of fused-ring (bicyclic) bond motifs is 1. The van der Waals surface area contributed by atoms with Crippen molar-refractivity contribution in [1.82, 2.24) is 9.97 Å². The number of aliphatic imine (C=N–C) groups is 1. The zero-order chi connectivity index (χ0) is 14.1. The molecule has 1 aromatic heterocycles. The molecule has 0 aliphatic rings. The van der Waals surface area contributed by atoms with Gasteiger partial charge in [0.05, 0.1) is 16.7 Å². The number of aromatic nitrogens is 2. The lowest BCUT2D eigenvalue weighted by Gasteiger charge is -1.99. The number of benzene rings is 2. The van der Waals surface area contributed by atoms with Crippen LogP contribution in [-0.2, 0) is 0 Å². The van der Waals surface area contributed by atoms with E-state index >= 15 is 0 Å². The lowest BCUT2D eigenvalue weighted by molar-refractivity contribution is 0.474. The van der Waals surface area contributed by atoms with Crippen molar-refractivity contribution in [2.24, 2.45) is 4.99 Å². The van der Waals surface area contributed by atoms with Crippen LogP contribution in [0.5, 0.6) is 5.75 Å². The van der Waals surface area contributed by atoms with Crippen LogP contribution in [0.25, 0.3) is 11.0 Å². The van der Waals surface area contributed by atoms with Gasteiger partial charge >= 0.3 is 0 Å². The Morgan fingerprint density at radius 2 is 1.90 bits per heavy atom. The molecule has 6 heteroatoms. The standard InChI is InChI=1S/C14H10BrN3OS/c15-9-1-4-13(19)8(5-9)7-16-10-2-3-11-12(6-10)18-14(20)17-11/h1-7,19H,(H2,17,18,20). The molecule has 0 unspecified atom stereocenters. The van der Waals surface area contributed by atoms with Gasteiger partial charge in [-0.2, -0.15) is 0 Å². The number of H-pyrrole nitrogens is 2. The molecule has 100 valence electrons. The average molecular weight is 348 g/mol. The van der Waals surface area contributed by atoms with Crippen LogP contribution < -0.4 is 0 Å². The fourth-order valence-corrected chi connectivity index (χ4v) is 2.47. The Kier molecular flexibility index (Phi) is 3.42. The maximum atomic E-state index is 9.75. The van der Waals surface area contributed by atoms with Crippen molar-refractivity contribution in [3.05, 3.63) is 51.2 Å². The zero-order valence-corrected chi connectivity index (χ0v) is 12.6. The maximum Gasteiger partial charge on any atom is 0.175 e. The van der Waals surface area contributed by atoms with Crippen molar-refractivity contribution < 1.29 is 5.11 Å². The van der Waals surface area contributed by atoms with Crippen LogP contribution in [0.3, 0.4) is 0 Å². The van der Waals surface area contributed by atoms with Crippen molar-refractivity contribution in [2.75, 3.05) is 0 Å². The normalized spacial score (nSPS) is 11.4. The van der Waals surface area contributed by atoms with Crippen molar-refractivity contribution in [2.45, 2.75) is 0 Å². The molecule has 0 saturated carbocycles. The fourth-order valence-electron chi connectivity index (χ4n) is 1.87. The summed E-state index contributed by atoms with van der Waals surface area (Å²) in [5.41, 5.74) is 3.28. The lowest BCUT2D eigenvalue weighted by atomic mass is 10.2. The number of phenols is 1. The number of rotatable bonds is 2. The largest absolute Gasteiger partial charge is 0.507 e. The zero-order valence-electron chi connectivity index (χ0n) is 10.2. The first-order valence-corrected chi connectivity index (χ1v) is 7.06. The first-order chi connectivity index (χ1) is 9.61. The van der Waals surface area contributed by atoms with Gasteiger partial charge < -0.3 is 15.1 Å². The summed E-state index contributed by atoms with van der Waals surface area (Å²) < 4.78 is 1.48. The topological polar surface area (TPSA) is 64.2 Å². The van der Waals surface area contributed by atoms with Gasteiger partial charge in [-0.05, 0) is 48.6 Å². The molecule has 4 nitrogen and oxygen atoms in total. The minimum atomic E-state index is 0.194. The summed E-state index contributed by atoms with van der Waals surface area (Å²) in [5, 5.41) is 9.75. The monoisotopic (exact) mass is 347 g/mol. The Morgan fingerprint density at radius 3 is 2.75 bits per heavy atom. The highest BCUT2D eigenvalue weighted by Crippen LogP contribution is 2.22. The summed E-state index contributed by atoms with van der Waals surface area (Å²) in [7, 11) is 0. The van der Waals surface area contributed by atoms with E-state index in [1.54, 1.807) is 24.4 Å². The fraction of sp³-hybridized carbons (Fsp3) is 0. The van der Waals surface area contributed by atoms with Crippen LogP contribution in [0.2, 0.25) is 0 Å². The number of nitrogens with zero attached hydrogens (tertiary/aromatic N) is 1. The van der Waals surface area contributed by atoms with Gasteiger partial charge in [-0.3, -0.25) is 4.99 Å². The van der Waals surface area contributed by atoms with E-state index in [-0.39, 0.29) is 5.75 Å². The summed E-state index contributed by atoms with van der Waals surface area (Å²) >= 11 is 8.41. The van der Waals surface area contributed by atoms with E-state index in [9.17, 15) is 5.11 Å². The van der Waals surface area contributed by atoms with Crippen LogP contribution in [0.4, 0.5) is 5.69 Å². The van der Waals surface area contributed by atoms with Crippen molar-refractivity contribution in [3.8, 4) is 5.75 Å². The number of phenolic OH excluding ortho intramolecular Hbond substituents is 1. The van der Waals surface area contributed by atoms with E-state index in [0.29, 0.717) is 10.3 Å². The Bertz CT molecular complexity index is 866. The lowest BCUT2D eigenvalue weighted by Crippen LogP contribution is -1.82. The van der Waals surface area contributed by atoms with Gasteiger partial charge in [0.2, 0.25) is 0 Å². The van der Waals surface area contributed by atoms with E-state index in [4.69, 9.17) is 12.2 Å². The van der Waals surface area contributed by atoms with Crippen LogP contribution in [0.1, 0.15) is 5.56 Å². The first kappa shape index (κ1) is 13.1. The molecule has 20 heavy (non-hydrogen) atoms. The quantitative estimate of drug-likeness (QED) is 0.473. The molecular weight excluding hydrogens is 338 g/mol. The molecule has 0 radical (unpaired) electrons. The first-order valence-electron chi connectivity index (χ1n) is 5.86. The number of aromatic hydroxyl groups is 1. The number of halogens is 1. The molecule has 3 N–H and O–H groups in total. The van der Waals surface area contributed by atoms with Gasteiger partial charge in [0.1, 0.15) is 5.75 Å². The molecule has 0 saturated heterocycles. The van der Waals surface area contributed by atoms with Gasteiger partial charge in [0.25, 0.3) is 0 Å². The molecule has 0 fully saturated rings. The third kappa shape index (κ3) is 2.66. The van der Waals surface area contributed by atoms with Crippen LogP contribution >= 0.6 is 28.1 Å². The van der Waals surface area contributed by atoms with Gasteiger partial charge in [-0.25, -0.2) is 0 Å². The van der Waals surface area contributed by atoms with Gasteiger partial charge in [0, 0.05) is 16.3 Å². The second-order valence-corrected chi connectivity index (χ2v) is 5.59. The van der Waals surface area contributed by atoms with Crippen LogP contribution in [0, 0.1) is 4.77 Å². The molecule has 0 aliphatic carbocycles. The average Bonchev–Trinajstić information content (AvgIpc) is 2.79. The van der Waals surface area contributed by atoms with E-state index in [0.717, 1.165) is 21.2 Å². The highest BCUT2D eigenvalue weighted by atomic mass is 79.9. The molecule has 3 rings (SSSR count). The Balaban J connectivity index is 1.97. The highest BCUT2D eigenvalue weighted by Gasteiger charge is 2.00. The van der Waals surface area contributed by atoms with Crippen molar-refractivity contribution in [3.63, 3.8) is 0 Å². The third-order valence-electron chi connectivity index (χ3n) is 2.84. The van der Waals surface area contributed by atoms with Gasteiger partial charge in [0.15, 0.2) is 4.77 Å². The summed E-state index contributed by atoms with van der Waals surface area (Å²) in [6.45, 7) is 0. The molecule has 0 atom stereocenters. The summed E-state index contributed by atoms with van der Waals surface area (Å²) in [6.07, 6.45) is 1.63. The summed E-state index contributed by atoms with van der Waals surface area (Å²) in [4.78, 5) is 10.4. The predicted octanol–water partition coefficient (Wildman–Crippen LogP) is 4.44. The minimum Gasteiger partial charge on any atom is -0.507 e. The molecule has 0 spiro atoms. The van der Waals surface area contributed by atoms with Crippen molar-refractivity contribution >= 4 is 51.1 Å². The van der Waals surface area contributed by atoms with E-state index in [1.807, 2.05) is 18.2 Å². The van der Waals surface area contributed by atoms with E-state index < -0.39 is 0 Å². The summed E-state index contributed by atoms with van der Waals surface area (Å²) in [6, 6.07) is 10.9. The van der Waals surface area contributed by atoms with Crippen LogP contribution in [0.15, 0.2) is 45.9 Å². The molecule has 0 amide bonds. The number of hydrogen-bond donors (Lipinski definition) is 3. The number of hydrogen-bond acceptors (Lipinski definition) is 3. The molecule has 0 bridgehead atoms. The van der Waals surface area contributed by atoms with E-state index in [2.05, 4.69) is 30.9 Å². The van der Waals surface area contributed by atoms with Gasteiger partial charge in [-0.1, -0.05) is 15.9 Å². The number of imidazole rings is 1. The molecule has 3 aromatic rings. The Labute approximate surface area is 128 Å². The second kappa shape index (κ2) is 5.22. The molecular formula is C14H10BrN3OS. The van der Waals surface area contributed by atoms with Crippen LogP contribution in [-0.4, -0.2) is 21.3 Å². The maximum absolute atomic E-state index is 9.75. The molecule has 0 aliphatic heterocycles. The van der Waals surface area contributed by atoms with Crippen molar-refractivity contribution in [1.29, 1.82) is 0 Å². The Hall–Kier alpha value is -1.92. The number of nitrogens with one attached hydrogen (secondary N) is 2. The highest BCUT2D eigenvalue weighted by molar-refractivity contribution is 9.10. The van der Waals surface area contributed by atoms with E-state index in [1.165, 1.54) is 0 Å².